The monoisotopic (exact) mass is 515 g/mol. The predicted octanol–water partition coefficient (Wildman–Crippen LogP) is 3.85. The lowest BCUT2D eigenvalue weighted by atomic mass is 9.90. The van der Waals surface area contributed by atoms with Crippen LogP contribution in [0.1, 0.15) is 38.3 Å². The number of carbonyl (C=O) groups excluding carboxylic acids is 4. The number of ether oxygens (including phenoxy) is 3. The van der Waals surface area contributed by atoms with Crippen molar-refractivity contribution in [1.82, 2.24) is 5.32 Å². The van der Waals surface area contributed by atoms with E-state index >= 15 is 0 Å². The first-order valence-corrected chi connectivity index (χ1v) is 11.8. The first-order valence-electron chi connectivity index (χ1n) is 11.8. The van der Waals surface area contributed by atoms with E-state index in [1.165, 1.54) is 36.4 Å². The number of amides is 1. The van der Waals surface area contributed by atoms with E-state index < -0.39 is 77.4 Å². The second kappa shape index (κ2) is 9.91. The van der Waals surface area contributed by atoms with Gasteiger partial charge in [0.25, 0.3) is 0 Å². The van der Waals surface area contributed by atoms with E-state index in [1.807, 2.05) is 0 Å². The van der Waals surface area contributed by atoms with Crippen LogP contribution in [0.2, 0.25) is 0 Å². The molecule has 8 nitrogen and oxygen atoms in total. The van der Waals surface area contributed by atoms with Crippen LogP contribution < -0.4 is 5.32 Å². The SMILES string of the molecule is CC(C)(C)OC(=O)NC1(C(=O)OCc2ccccc2F)CC(=O)C2C(C(=O)OCc3ccccc3F)C21. The summed E-state index contributed by atoms with van der Waals surface area (Å²) in [7, 11) is 0. The first-order chi connectivity index (χ1) is 17.4. The summed E-state index contributed by atoms with van der Waals surface area (Å²) in [5, 5.41) is 2.47. The van der Waals surface area contributed by atoms with Gasteiger partial charge in [-0.15, -0.1) is 0 Å². The summed E-state index contributed by atoms with van der Waals surface area (Å²) in [6.45, 7) is 4.06. The number of rotatable bonds is 7. The largest absolute Gasteiger partial charge is 0.460 e. The smallest absolute Gasteiger partial charge is 0.408 e. The zero-order valence-corrected chi connectivity index (χ0v) is 20.6. The van der Waals surface area contributed by atoms with Gasteiger partial charge in [-0.2, -0.15) is 0 Å². The van der Waals surface area contributed by atoms with E-state index in [4.69, 9.17) is 14.2 Å². The van der Waals surface area contributed by atoms with Crippen molar-refractivity contribution in [1.29, 1.82) is 0 Å². The third-order valence-electron chi connectivity index (χ3n) is 6.42. The molecule has 10 heteroatoms. The number of carbonyl (C=O) groups is 4. The molecule has 0 aliphatic heterocycles. The van der Waals surface area contributed by atoms with E-state index in [1.54, 1.807) is 32.9 Å². The highest BCUT2D eigenvalue weighted by molar-refractivity contribution is 6.04. The summed E-state index contributed by atoms with van der Waals surface area (Å²) in [6, 6.07) is 11.4. The lowest BCUT2D eigenvalue weighted by Gasteiger charge is -2.31. The van der Waals surface area contributed by atoms with Crippen molar-refractivity contribution < 1.29 is 42.2 Å². The molecular formula is C27H27F2NO7. The minimum Gasteiger partial charge on any atom is -0.460 e. The van der Waals surface area contributed by atoms with Gasteiger partial charge in [0.15, 0.2) is 5.54 Å². The topological polar surface area (TPSA) is 108 Å². The molecule has 4 unspecified atom stereocenters. The molecule has 1 amide bonds. The van der Waals surface area contributed by atoms with Gasteiger partial charge < -0.3 is 19.5 Å². The Hall–Kier alpha value is -3.82. The highest BCUT2D eigenvalue weighted by Crippen LogP contribution is 2.61. The van der Waals surface area contributed by atoms with Crippen molar-refractivity contribution in [3.05, 3.63) is 71.3 Å². The molecule has 0 heterocycles. The van der Waals surface area contributed by atoms with E-state index in [0.29, 0.717) is 0 Å². The summed E-state index contributed by atoms with van der Waals surface area (Å²) >= 11 is 0. The molecule has 0 bridgehead atoms. The van der Waals surface area contributed by atoms with Crippen LogP contribution in [0.5, 0.6) is 0 Å². The third-order valence-corrected chi connectivity index (χ3v) is 6.42. The van der Waals surface area contributed by atoms with Gasteiger partial charge in [0.05, 0.1) is 5.92 Å². The molecule has 0 saturated heterocycles. The minimum absolute atomic E-state index is 0.0979. The number of fused-ring (bicyclic) bond motifs is 1. The number of halogens is 2. The molecule has 2 saturated carbocycles. The van der Waals surface area contributed by atoms with Crippen LogP contribution in [0.25, 0.3) is 0 Å². The molecular weight excluding hydrogens is 488 g/mol. The number of Topliss-reactive ketones (excluding diaryl/α,β-unsaturated/α-hetero) is 1. The molecule has 2 aliphatic carbocycles. The van der Waals surface area contributed by atoms with Gasteiger partial charge in [-0.25, -0.2) is 18.4 Å². The van der Waals surface area contributed by atoms with Gasteiger partial charge in [-0.1, -0.05) is 36.4 Å². The molecule has 0 aromatic heterocycles. The lowest BCUT2D eigenvalue weighted by molar-refractivity contribution is -0.156. The van der Waals surface area contributed by atoms with Gasteiger partial charge in [0.2, 0.25) is 0 Å². The van der Waals surface area contributed by atoms with Crippen LogP contribution in [0.4, 0.5) is 13.6 Å². The molecule has 37 heavy (non-hydrogen) atoms. The third kappa shape index (κ3) is 5.47. The maximum absolute atomic E-state index is 14.1. The zero-order valence-electron chi connectivity index (χ0n) is 20.6. The van der Waals surface area contributed by atoms with Gasteiger partial charge in [-0.3, -0.25) is 9.59 Å². The van der Waals surface area contributed by atoms with Crippen molar-refractivity contribution in [2.75, 3.05) is 0 Å². The average Bonchev–Trinajstić information content (AvgIpc) is 3.51. The number of benzene rings is 2. The molecule has 0 spiro atoms. The zero-order chi connectivity index (χ0) is 27.0. The van der Waals surface area contributed by atoms with Crippen LogP contribution >= 0.6 is 0 Å². The highest BCUT2D eigenvalue weighted by atomic mass is 19.1. The second-order valence-corrected chi connectivity index (χ2v) is 10.2. The maximum Gasteiger partial charge on any atom is 0.408 e. The summed E-state index contributed by atoms with van der Waals surface area (Å²) < 4.78 is 43.8. The first kappa shape index (κ1) is 26.2. The Morgan fingerprint density at radius 1 is 0.946 bits per heavy atom. The van der Waals surface area contributed by atoms with Gasteiger partial charge in [-0.05, 0) is 32.9 Å². The van der Waals surface area contributed by atoms with Crippen molar-refractivity contribution in [3.63, 3.8) is 0 Å². The van der Waals surface area contributed by atoms with Crippen molar-refractivity contribution >= 4 is 23.8 Å². The normalized spacial score (nSPS) is 24.1. The Morgan fingerprint density at radius 2 is 1.49 bits per heavy atom. The Labute approximate surface area is 212 Å². The average molecular weight is 516 g/mol. The minimum atomic E-state index is -1.91. The van der Waals surface area contributed by atoms with E-state index in [0.717, 1.165) is 0 Å². The van der Waals surface area contributed by atoms with E-state index in [9.17, 15) is 28.0 Å². The number of ketones is 1. The van der Waals surface area contributed by atoms with Crippen molar-refractivity contribution in [2.24, 2.45) is 17.8 Å². The Morgan fingerprint density at radius 3 is 2.03 bits per heavy atom. The summed E-state index contributed by atoms with van der Waals surface area (Å²) in [5.41, 5.74) is -2.57. The van der Waals surface area contributed by atoms with Gasteiger partial charge >= 0.3 is 18.0 Å². The predicted molar refractivity (Wildman–Crippen MR) is 125 cm³/mol. The molecule has 1 N–H and O–H groups in total. The number of hydrogen-bond acceptors (Lipinski definition) is 7. The molecule has 2 aromatic carbocycles. The molecule has 2 fully saturated rings. The number of alkyl carbamates (subject to hydrolysis) is 1. The fourth-order valence-corrected chi connectivity index (χ4v) is 4.75. The Balaban J connectivity index is 1.54. The Kier molecular flexibility index (Phi) is 7.03. The Bertz CT molecular complexity index is 1240. The van der Waals surface area contributed by atoms with Crippen LogP contribution in [0.15, 0.2) is 48.5 Å². The standard InChI is InChI=1S/C27H27F2NO7/c1-26(2,3)37-25(34)30-27(24(33)36-14-16-9-5-7-11-18(16)29)12-19(31)20-21(22(20)27)23(32)35-13-15-8-4-6-10-17(15)28/h4-11,20-22H,12-14H2,1-3H3,(H,30,34). The fraction of sp³-hybridized carbons (Fsp3) is 0.407. The number of hydrogen-bond donors (Lipinski definition) is 1. The summed E-state index contributed by atoms with van der Waals surface area (Å²) in [6.07, 6.45) is -1.40. The maximum atomic E-state index is 14.1. The fourth-order valence-electron chi connectivity index (χ4n) is 4.75. The van der Waals surface area contributed by atoms with E-state index in [-0.39, 0.29) is 17.7 Å². The summed E-state index contributed by atoms with van der Waals surface area (Å²) in [5.74, 6) is -6.25. The number of nitrogens with one attached hydrogen (secondary N) is 1. The summed E-state index contributed by atoms with van der Waals surface area (Å²) in [4.78, 5) is 51.7. The molecule has 2 aliphatic rings. The molecule has 2 aromatic rings. The van der Waals surface area contributed by atoms with Crippen LogP contribution in [0, 0.1) is 29.4 Å². The van der Waals surface area contributed by atoms with E-state index in [2.05, 4.69) is 5.32 Å². The number of esters is 2. The van der Waals surface area contributed by atoms with Crippen molar-refractivity contribution in [3.8, 4) is 0 Å². The lowest BCUT2D eigenvalue weighted by Crippen LogP contribution is -2.58. The molecule has 4 atom stereocenters. The van der Waals surface area contributed by atoms with Crippen molar-refractivity contribution in [2.45, 2.75) is 51.5 Å². The van der Waals surface area contributed by atoms with Gasteiger partial charge in [0, 0.05) is 29.4 Å². The quantitative estimate of drug-likeness (QED) is 0.441. The molecule has 4 rings (SSSR count). The molecule has 196 valence electrons. The van der Waals surface area contributed by atoms with Crippen LogP contribution in [0.3, 0.4) is 0 Å². The van der Waals surface area contributed by atoms with Crippen LogP contribution in [-0.2, 0) is 41.8 Å². The second-order valence-electron chi connectivity index (χ2n) is 10.2. The van der Waals surface area contributed by atoms with Crippen LogP contribution in [-0.4, -0.2) is 35.0 Å². The highest BCUT2D eigenvalue weighted by Gasteiger charge is 2.76. The molecule has 0 radical (unpaired) electrons. The van der Waals surface area contributed by atoms with Gasteiger partial charge in [0.1, 0.15) is 36.2 Å².